The van der Waals surface area contributed by atoms with Crippen LogP contribution in [-0.4, -0.2) is 24.5 Å². The fourth-order valence-corrected chi connectivity index (χ4v) is 2.07. The molecule has 1 saturated carbocycles. The highest BCUT2D eigenvalue weighted by Gasteiger charge is 2.24. The normalized spacial score (nSPS) is 14.5. The number of nitro groups is 1. The Morgan fingerprint density at radius 2 is 2.25 bits per heavy atom. The molecular formula is C13H15FN2O4. The molecular weight excluding hydrogens is 267 g/mol. The fourth-order valence-electron chi connectivity index (χ4n) is 2.07. The summed E-state index contributed by atoms with van der Waals surface area (Å²) in [5.74, 6) is -1.34. The van der Waals surface area contributed by atoms with Gasteiger partial charge in [0.05, 0.1) is 23.7 Å². The number of benzene rings is 1. The van der Waals surface area contributed by atoms with Crippen LogP contribution in [0, 0.1) is 21.8 Å². The minimum absolute atomic E-state index is 0.142. The predicted octanol–water partition coefficient (Wildman–Crippen LogP) is 2.73. The molecule has 0 radical (unpaired) electrons. The van der Waals surface area contributed by atoms with Crippen molar-refractivity contribution in [3.8, 4) is 0 Å². The van der Waals surface area contributed by atoms with E-state index in [4.69, 9.17) is 0 Å². The quantitative estimate of drug-likeness (QED) is 0.510. The molecule has 20 heavy (non-hydrogen) atoms. The van der Waals surface area contributed by atoms with Gasteiger partial charge in [0, 0.05) is 6.54 Å². The van der Waals surface area contributed by atoms with Crippen molar-refractivity contribution in [3.05, 3.63) is 33.6 Å². The number of ether oxygens (including phenoxy) is 1. The maximum Gasteiger partial charge on any atom is 0.340 e. The van der Waals surface area contributed by atoms with Crippen LogP contribution >= 0.6 is 0 Å². The number of nitrogens with one attached hydrogen (secondary N) is 1. The highest BCUT2D eigenvalue weighted by molar-refractivity contribution is 5.91. The van der Waals surface area contributed by atoms with Gasteiger partial charge in [-0.1, -0.05) is 6.42 Å². The van der Waals surface area contributed by atoms with Crippen molar-refractivity contribution in [3.63, 3.8) is 0 Å². The van der Waals surface area contributed by atoms with Crippen molar-refractivity contribution in [1.82, 2.24) is 0 Å². The number of methoxy groups -OCH3 is 1. The zero-order chi connectivity index (χ0) is 14.7. The third-order valence-corrected chi connectivity index (χ3v) is 3.49. The molecule has 1 aromatic rings. The monoisotopic (exact) mass is 282 g/mol. The molecule has 0 saturated heterocycles. The van der Waals surface area contributed by atoms with Crippen molar-refractivity contribution >= 4 is 17.3 Å². The third-order valence-electron chi connectivity index (χ3n) is 3.49. The second kappa shape index (κ2) is 5.85. The van der Waals surface area contributed by atoms with Crippen LogP contribution in [0.15, 0.2) is 12.1 Å². The minimum atomic E-state index is -0.960. The lowest BCUT2D eigenvalue weighted by Crippen LogP contribution is -2.21. The Bertz CT molecular complexity index is 543. The minimum Gasteiger partial charge on any atom is -0.465 e. The van der Waals surface area contributed by atoms with E-state index in [1.807, 2.05) is 0 Å². The van der Waals surface area contributed by atoms with E-state index >= 15 is 0 Å². The van der Waals surface area contributed by atoms with Crippen LogP contribution in [0.1, 0.15) is 29.6 Å². The number of nitro benzene ring substituents is 1. The lowest BCUT2D eigenvalue weighted by molar-refractivity contribution is -0.384. The van der Waals surface area contributed by atoms with Crippen LogP contribution < -0.4 is 5.32 Å². The summed E-state index contributed by atoms with van der Waals surface area (Å²) in [4.78, 5) is 21.7. The molecule has 7 heteroatoms. The van der Waals surface area contributed by atoms with Gasteiger partial charge in [0.25, 0.3) is 5.69 Å². The molecule has 0 amide bonds. The summed E-state index contributed by atoms with van der Waals surface area (Å²) < 4.78 is 18.1. The number of nitrogens with zero attached hydrogens (tertiary/aromatic N) is 1. The van der Waals surface area contributed by atoms with Crippen molar-refractivity contribution in [1.29, 1.82) is 0 Å². The lowest BCUT2D eigenvalue weighted by atomic mass is 9.85. The second-order valence-electron chi connectivity index (χ2n) is 4.78. The smallest absolute Gasteiger partial charge is 0.340 e. The average Bonchev–Trinajstić information content (AvgIpc) is 2.37. The molecule has 1 fully saturated rings. The van der Waals surface area contributed by atoms with Crippen LogP contribution in [0.25, 0.3) is 0 Å². The number of carbonyl (C=O) groups is 1. The van der Waals surface area contributed by atoms with Crippen LogP contribution in [0.5, 0.6) is 0 Å². The average molecular weight is 282 g/mol. The van der Waals surface area contributed by atoms with Crippen LogP contribution in [0.3, 0.4) is 0 Å². The van der Waals surface area contributed by atoms with E-state index in [0.29, 0.717) is 12.5 Å². The summed E-state index contributed by atoms with van der Waals surface area (Å²) in [5.41, 5.74) is -0.549. The van der Waals surface area contributed by atoms with E-state index in [1.54, 1.807) is 0 Å². The molecule has 0 bridgehead atoms. The van der Waals surface area contributed by atoms with Gasteiger partial charge in [0.15, 0.2) is 0 Å². The first-order valence-corrected chi connectivity index (χ1v) is 6.33. The molecule has 0 aliphatic heterocycles. The molecule has 0 spiro atoms. The molecule has 1 N–H and O–H groups in total. The van der Waals surface area contributed by atoms with Crippen molar-refractivity contribution in [2.24, 2.45) is 5.92 Å². The molecule has 6 nitrogen and oxygen atoms in total. The topological polar surface area (TPSA) is 81.5 Å². The van der Waals surface area contributed by atoms with Gasteiger partial charge >= 0.3 is 5.97 Å². The first kappa shape index (κ1) is 14.2. The molecule has 1 aliphatic rings. The van der Waals surface area contributed by atoms with E-state index < -0.39 is 16.7 Å². The summed E-state index contributed by atoms with van der Waals surface area (Å²) in [5, 5.41) is 13.9. The molecule has 0 atom stereocenters. The Balaban J connectivity index is 2.29. The van der Waals surface area contributed by atoms with E-state index in [2.05, 4.69) is 10.1 Å². The number of halogens is 1. The molecule has 108 valence electrons. The number of rotatable bonds is 5. The first-order valence-electron chi connectivity index (χ1n) is 6.33. The summed E-state index contributed by atoms with van der Waals surface area (Å²) in [7, 11) is 1.13. The fraction of sp³-hybridized carbons (Fsp3) is 0.462. The standard InChI is InChI=1S/C13H15FN2O4/c1-20-13(17)9-5-11(15-7-8-3-2-4-8)12(16(18)19)6-10(9)14/h5-6,8,15H,2-4,7H2,1H3. The Labute approximate surface area is 115 Å². The van der Waals surface area contributed by atoms with Crippen LogP contribution in [0.4, 0.5) is 15.8 Å². The number of esters is 1. The number of carbonyl (C=O) groups excluding carboxylic acids is 1. The Morgan fingerprint density at radius 1 is 1.55 bits per heavy atom. The van der Waals surface area contributed by atoms with Gasteiger partial charge in [0.1, 0.15) is 11.5 Å². The molecule has 1 aliphatic carbocycles. The van der Waals surface area contributed by atoms with E-state index in [0.717, 1.165) is 38.5 Å². The van der Waals surface area contributed by atoms with E-state index in [1.165, 1.54) is 0 Å². The summed E-state index contributed by atoms with van der Waals surface area (Å²) in [6.07, 6.45) is 3.31. The zero-order valence-electron chi connectivity index (χ0n) is 11.0. The second-order valence-corrected chi connectivity index (χ2v) is 4.78. The molecule has 1 aromatic carbocycles. The Kier molecular flexibility index (Phi) is 4.16. The Morgan fingerprint density at radius 3 is 2.75 bits per heavy atom. The van der Waals surface area contributed by atoms with Gasteiger partial charge in [-0.25, -0.2) is 9.18 Å². The number of anilines is 1. The number of hydrogen-bond donors (Lipinski definition) is 1. The summed E-state index contributed by atoms with van der Waals surface area (Å²) >= 11 is 0. The van der Waals surface area contributed by atoms with Crippen LogP contribution in [0.2, 0.25) is 0 Å². The number of hydrogen-bond acceptors (Lipinski definition) is 5. The van der Waals surface area contributed by atoms with Gasteiger partial charge in [-0.3, -0.25) is 10.1 Å². The van der Waals surface area contributed by atoms with Crippen LogP contribution in [-0.2, 0) is 4.74 Å². The van der Waals surface area contributed by atoms with Crippen molar-refractivity contribution < 1.29 is 18.8 Å². The molecule has 0 aromatic heterocycles. The third kappa shape index (κ3) is 2.87. The highest BCUT2D eigenvalue weighted by Crippen LogP contribution is 2.31. The maximum atomic E-state index is 13.7. The predicted molar refractivity (Wildman–Crippen MR) is 70.2 cm³/mol. The van der Waals surface area contributed by atoms with Gasteiger partial charge in [-0.2, -0.15) is 0 Å². The first-order chi connectivity index (χ1) is 9.52. The van der Waals surface area contributed by atoms with E-state index in [9.17, 15) is 19.3 Å². The highest BCUT2D eigenvalue weighted by atomic mass is 19.1. The molecule has 0 heterocycles. The SMILES string of the molecule is COC(=O)c1cc(NCC2CCC2)c([N+](=O)[O-])cc1F. The molecule has 0 unspecified atom stereocenters. The summed E-state index contributed by atoms with van der Waals surface area (Å²) in [6.45, 7) is 0.576. The zero-order valence-corrected chi connectivity index (χ0v) is 11.0. The van der Waals surface area contributed by atoms with Gasteiger partial charge in [-0.05, 0) is 24.8 Å². The van der Waals surface area contributed by atoms with Gasteiger partial charge in [0.2, 0.25) is 0 Å². The Hall–Kier alpha value is -2.18. The van der Waals surface area contributed by atoms with Crippen molar-refractivity contribution in [2.45, 2.75) is 19.3 Å². The summed E-state index contributed by atoms with van der Waals surface area (Å²) in [6, 6.07) is 1.88. The van der Waals surface area contributed by atoms with Gasteiger partial charge < -0.3 is 10.1 Å². The molecule has 2 rings (SSSR count). The largest absolute Gasteiger partial charge is 0.465 e. The lowest BCUT2D eigenvalue weighted by Gasteiger charge is -2.25. The van der Waals surface area contributed by atoms with Crippen molar-refractivity contribution in [2.75, 3.05) is 19.0 Å². The van der Waals surface area contributed by atoms with E-state index in [-0.39, 0.29) is 16.9 Å². The maximum absolute atomic E-state index is 13.7. The van der Waals surface area contributed by atoms with Gasteiger partial charge in [-0.15, -0.1) is 0 Å².